The maximum Gasteiger partial charge on any atom is 0.244 e. The Hall–Kier alpha value is -3.36. The normalized spacial score (nSPS) is 14.2. The molecule has 0 unspecified atom stereocenters. The summed E-state index contributed by atoms with van der Waals surface area (Å²) in [4.78, 5) is 30.1. The largest absolute Gasteiger partial charge is 0.338 e. The van der Waals surface area contributed by atoms with Gasteiger partial charge in [0.2, 0.25) is 11.9 Å². The fraction of sp³-hybridized carbons (Fsp3) is 0.409. The van der Waals surface area contributed by atoms with Crippen molar-refractivity contribution in [1.82, 2.24) is 29.6 Å². The average Bonchev–Trinajstić information content (AvgIpc) is 3.19. The van der Waals surface area contributed by atoms with Gasteiger partial charge in [0.1, 0.15) is 18.2 Å². The molecule has 8 nitrogen and oxygen atoms in total. The first-order chi connectivity index (χ1) is 15.0. The van der Waals surface area contributed by atoms with Gasteiger partial charge in [0.15, 0.2) is 5.82 Å². The molecule has 0 spiro atoms. The molecule has 1 aromatic carbocycles. The van der Waals surface area contributed by atoms with Crippen LogP contribution in [0.25, 0.3) is 11.4 Å². The molecule has 1 saturated heterocycles. The molecule has 0 aliphatic carbocycles. The average molecular weight is 423 g/mol. The minimum absolute atomic E-state index is 0.0118. The van der Waals surface area contributed by atoms with Crippen molar-refractivity contribution < 1.29 is 9.18 Å². The third kappa shape index (κ3) is 4.70. The summed E-state index contributed by atoms with van der Waals surface area (Å²) >= 11 is 0. The van der Waals surface area contributed by atoms with Gasteiger partial charge in [-0.05, 0) is 43.2 Å². The zero-order valence-corrected chi connectivity index (χ0v) is 17.8. The van der Waals surface area contributed by atoms with Crippen LogP contribution in [-0.4, -0.2) is 61.7 Å². The Labute approximate surface area is 180 Å². The van der Waals surface area contributed by atoms with Crippen LogP contribution in [0, 0.1) is 12.7 Å². The molecule has 2 aromatic heterocycles. The predicted molar refractivity (Wildman–Crippen MR) is 115 cm³/mol. The number of carbonyl (C=O) groups excluding carboxylic acids is 1. The van der Waals surface area contributed by atoms with Crippen molar-refractivity contribution in [1.29, 1.82) is 0 Å². The molecule has 0 radical (unpaired) electrons. The van der Waals surface area contributed by atoms with E-state index >= 15 is 0 Å². The minimum Gasteiger partial charge on any atom is -0.338 e. The lowest BCUT2D eigenvalue weighted by molar-refractivity contribution is -0.132. The number of rotatable bonds is 6. The number of nitrogens with zero attached hydrogens (tertiary/aromatic N) is 7. The molecule has 0 saturated carbocycles. The second-order valence-electron chi connectivity index (χ2n) is 7.64. The van der Waals surface area contributed by atoms with Gasteiger partial charge in [0.25, 0.3) is 0 Å². The van der Waals surface area contributed by atoms with Crippen molar-refractivity contribution in [3.8, 4) is 11.4 Å². The summed E-state index contributed by atoms with van der Waals surface area (Å²) in [6, 6.07) is 6.62. The minimum atomic E-state index is -0.257. The van der Waals surface area contributed by atoms with E-state index in [1.165, 1.54) is 6.07 Å². The molecule has 3 heterocycles. The van der Waals surface area contributed by atoms with Gasteiger partial charge in [-0.2, -0.15) is 5.10 Å². The maximum atomic E-state index is 13.6. The highest BCUT2D eigenvalue weighted by Gasteiger charge is 2.24. The van der Waals surface area contributed by atoms with E-state index in [1.807, 2.05) is 4.90 Å². The van der Waals surface area contributed by atoms with Crippen molar-refractivity contribution in [2.24, 2.45) is 0 Å². The summed E-state index contributed by atoms with van der Waals surface area (Å²) in [6.07, 6.45) is 5.06. The lowest BCUT2D eigenvalue weighted by Gasteiger charge is -2.34. The first-order valence-corrected chi connectivity index (χ1v) is 10.5. The first kappa shape index (κ1) is 20.9. The Kier molecular flexibility index (Phi) is 6.20. The molecule has 1 fully saturated rings. The quantitative estimate of drug-likeness (QED) is 0.606. The number of halogens is 1. The van der Waals surface area contributed by atoms with Crippen LogP contribution in [0.2, 0.25) is 0 Å². The first-order valence-electron chi connectivity index (χ1n) is 10.5. The Morgan fingerprint density at radius 3 is 2.55 bits per heavy atom. The lowest BCUT2D eigenvalue weighted by atomic mass is 10.1. The van der Waals surface area contributed by atoms with Crippen molar-refractivity contribution in [2.75, 3.05) is 31.1 Å². The van der Waals surface area contributed by atoms with E-state index in [4.69, 9.17) is 0 Å². The van der Waals surface area contributed by atoms with E-state index in [1.54, 1.807) is 42.2 Å². The van der Waals surface area contributed by atoms with E-state index in [-0.39, 0.29) is 18.3 Å². The van der Waals surface area contributed by atoms with Gasteiger partial charge in [-0.15, -0.1) is 0 Å². The maximum absolute atomic E-state index is 13.6. The Morgan fingerprint density at radius 2 is 1.87 bits per heavy atom. The molecule has 9 heteroatoms. The second-order valence-corrected chi connectivity index (χ2v) is 7.64. The topological polar surface area (TPSA) is 80.0 Å². The van der Waals surface area contributed by atoms with Gasteiger partial charge in [0, 0.05) is 50.6 Å². The summed E-state index contributed by atoms with van der Waals surface area (Å²) in [6.45, 7) is 6.52. The summed E-state index contributed by atoms with van der Waals surface area (Å²) in [5.74, 6) is 1.73. The molecular formula is C22H26FN7O. The number of benzene rings is 1. The predicted octanol–water partition coefficient (Wildman–Crippen LogP) is 2.48. The van der Waals surface area contributed by atoms with Crippen LogP contribution in [0.5, 0.6) is 0 Å². The highest BCUT2D eigenvalue weighted by molar-refractivity contribution is 5.76. The van der Waals surface area contributed by atoms with Crippen molar-refractivity contribution in [3.63, 3.8) is 0 Å². The summed E-state index contributed by atoms with van der Waals surface area (Å²) < 4.78 is 15.3. The lowest BCUT2D eigenvalue weighted by Crippen LogP contribution is -2.50. The number of carbonyl (C=O) groups is 1. The van der Waals surface area contributed by atoms with Crippen LogP contribution < -0.4 is 4.90 Å². The fourth-order valence-electron chi connectivity index (χ4n) is 3.65. The molecule has 1 aliphatic heterocycles. The third-order valence-corrected chi connectivity index (χ3v) is 5.39. The smallest absolute Gasteiger partial charge is 0.244 e. The van der Waals surface area contributed by atoms with Gasteiger partial charge < -0.3 is 9.80 Å². The number of aromatic nitrogens is 5. The highest BCUT2D eigenvalue weighted by atomic mass is 19.1. The molecule has 4 rings (SSSR count). The highest BCUT2D eigenvalue weighted by Crippen LogP contribution is 2.20. The molecule has 162 valence electrons. The number of anilines is 1. The van der Waals surface area contributed by atoms with Crippen LogP contribution in [0.4, 0.5) is 10.3 Å². The zero-order chi connectivity index (χ0) is 21.8. The van der Waals surface area contributed by atoms with Crippen molar-refractivity contribution in [2.45, 2.75) is 33.2 Å². The molecule has 1 amide bonds. The SMILES string of the molecule is CCCc1nc(-c2ccc(F)c(C)c2)nn1CC(=O)N1CCN(c2ncccn2)CC1. The fourth-order valence-corrected chi connectivity index (χ4v) is 3.65. The molecular weight excluding hydrogens is 397 g/mol. The molecule has 0 atom stereocenters. The third-order valence-electron chi connectivity index (χ3n) is 5.39. The summed E-state index contributed by atoms with van der Waals surface area (Å²) in [5, 5.41) is 4.57. The summed E-state index contributed by atoms with van der Waals surface area (Å²) in [5.41, 5.74) is 1.29. The monoisotopic (exact) mass is 423 g/mol. The Balaban J connectivity index is 1.45. The van der Waals surface area contributed by atoms with E-state index in [2.05, 4.69) is 31.9 Å². The van der Waals surface area contributed by atoms with Crippen molar-refractivity contribution in [3.05, 3.63) is 53.9 Å². The van der Waals surface area contributed by atoms with Crippen LogP contribution in [-0.2, 0) is 17.8 Å². The van der Waals surface area contributed by atoms with Gasteiger partial charge in [-0.25, -0.2) is 24.0 Å². The number of aryl methyl sites for hydroxylation is 2. The Morgan fingerprint density at radius 1 is 1.13 bits per heavy atom. The van der Waals surface area contributed by atoms with Gasteiger partial charge in [-0.1, -0.05) is 6.92 Å². The zero-order valence-electron chi connectivity index (χ0n) is 17.8. The van der Waals surface area contributed by atoms with Crippen LogP contribution >= 0.6 is 0 Å². The van der Waals surface area contributed by atoms with Gasteiger partial charge in [-0.3, -0.25) is 4.79 Å². The van der Waals surface area contributed by atoms with E-state index in [9.17, 15) is 9.18 Å². The Bertz CT molecular complexity index is 1050. The number of hydrogen-bond acceptors (Lipinski definition) is 6. The molecule has 1 aliphatic rings. The van der Waals surface area contributed by atoms with E-state index in [0.29, 0.717) is 43.5 Å². The van der Waals surface area contributed by atoms with E-state index in [0.717, 1.165) is 24.2 Å². The molecule has 0 bridgehead atoms. The van der Waals surface area contributed by atoms with Crippen molar-refractivity contribution >= 4 is 11.9 Å². The summed E-state index contributed by atoms with van der Waals surface area (Å²) in [7, 11) is 0. The molecule has 3 aromatic rings. The van der Waals surface area contributed by atoms with Gasteiger partial charge in [0.05, 0.1) is 0 Å². The number of amides is 1. The number of piperazine rings is 1. The van der Waals surface area contributed by atoms with Crippen LogP contribution in [0.15, 0.2) is 36.7 Å². The number of hydrogen-bond donors (Lipinski definition) is 0. The standard InChI is InChI=1S/C22H26FN7O/c1-3-5-19-26-21(17-6-7-18(23)16(2)14-17)27-30(19)15-20(31)28-10-12-29(13-11-28)22-24-8-4-9-25-22/h4,6-9,14H,3,5,10-13,15H2,1-2H3. The van der Waals surface area contributed by atoms with Crippen LogP contribution in [0.1, 0.15) is 24.7 Å². The second kappa shape index (κ2) is 9.20. The molecule has 31 heavy (non-hydrogen) atoms. The molecule has 0 N–H and O–H groups in total. The van der Waals surface area contributed by atoms with Crippen LogP contribution in [0.3, 0.4) is 0 Å². The van der Waals surface area contributed by atoms with E-state index < -0.39 is 0 Å². The van der Waals surface area contributed by atoms with Gasteiger partial charge >= 0.3 is 0 Å².